The van der Waals surface area contributed by atoms with E-state index in [1.807, 2.05) is 36.4 Å². The number of aromatic nitrogens is 1. The van der Waals surface area contributed by atoms with Crippen LogP contribution in [0.1, 0.15) is 0 Å². The highest BCUT2D eigenvalue weighted by Gasteiger charge is 2.13. The molecule has 0 saturated heterocycles. The van der Waals surface area contributed by atoms with Gasteiger partial charge in [0.25, 0.3) is 0 Å². The van der Waals surface area contributed by atoms with Crippen LogP contribution in [0.2, 0.25) is 5.02 Å². The number of halogens is 1. The summed E-state index contributed by atoms with van der Waals surface area (Å²) < 4.78 is 8.40. The molecule has 0 amide bonds. The molecule has 0 atom stereocenters. The number of hydrogen-bond donors (Lipinski definition) is 0. The molecule has 0 N–H and O–H groups in total. The van der Waals surface area contributed by atoms with Crippen LogP contribution in [0.5, 0.6) is 0 Å². The topological polar surface area (TPSA) is 18.1 Å². The summed E-state index contributed by atoms with van der Waals surface area (Å²) in [5.41, 5.74) is 6.37. The fraction of sp³-hybridized carbons (Fsp3) is 0. The SMILES string of the molecule is Clc1ccc(-n2ccc3cc(-c4cccc5c4oc4ccccc45)ccc32)cc1. The Hall–Kier alpha value is -3.49. The maximum atomic E-state index is 6.22. The van der Waals surface area contributed by atoms with Crippen LogP contribution in [0, 0.1) is 0 Å². The average Bonchev–Trinajstić information content (AvgIpc) is 3.35. The van der Waals surface area contributed by atoms with Gasteiger partial charge < -0.3 is 8.98 Å². The van der Waals surface area contributed by atoms with Crippen molar-refractivity contribution in [2.75, 3.05) is 0 Å². The van der Waals surface area contributed by atoms with Crippen molar-refractivity contribution in [2.24, 2.45) is 0 Å². The summed E-state index contributed by atoms with van der Waals surface area (Å²) in [6.45, 7) is 0. The van der Waals surface area contributed by atoms with Crippen LogP contribution in [0.4, 0.5) is 0 Å². The van der Waals surface area contributed by atoms with Crippen molar-refractivity contribution in [3.05, 3.63) is 102 Å². The van der Waals surface area contributed by atoms with Crippen LogP contribution in [0.15, 0.2) is 102 Å². The second kappa shape index (κ2) is 6.26. The zero-order valence-corrected chi connectivity index (χ0v) is 16.2. The second-order valence-electron chi connectivity index (χ2n) is 7.22. The molecule has 4 aromatic carbocycles. The van der Waals surface area contributed by atoms with E-state index in [0.29, 0.717) is 0 Å². The van der Waals surface area contributed by atoms with E-state index in [0.717, 1.165) is 49.3 Å². The summed E-state index contributed by atoms with van der Waals surface area (Å²) in [6.07, 6.45) is 2.10. The number of fused-ring (bicyclic) bond motifs is 4. The Morgan fingerprint density at radius 1 is 0.724 bits per heavy atom. The molecule has 2 aromatic heterocycles. The van der Waals surface area contributed by atoms with Gasteiger partial charge in [0.2, 0.25) is 0 Å². The molecule has 138 valence electrons. The van der Waals surface area contributed by atoms with Gasteiger partial charge in [-0.2, -0.15) is 0 Å². The van der Waals surface area contributed by atoms with Crippen molar-refractivity contribution in [3.63, 3.8) is 0 Å². The van der Waals surface area contributed by atoms with Crippen LogP contribution in [-0.4, -0.2) is 4.57 Å². The molecule has 29 heavy (non-hydrogen) atoms. The molecule has 0 fully saturated rings. The van der Waals surface area contributed by atoms with Gasteiger partial charge in [0, 0.05) is 38.6 Å². The summed E-state index contributed by atoms with van der Waals surface area (Å²) in [5, 5.41) is 4.23. The molecular weight excluding hydrogens is 378 g/mol. The molecule has 0 aliphatic rings. The van der Waals surface area contributed by atoms with Crippen molar-refractivity contribution < 1.29 is 4.42 Å². The van der Waals surface area contributed by atoms with Crippen LogP contribution in [0.25, 0.3) is 49.7 Å². The maximum Gasteiger partial charge on any atom is 0.143 e. The van der Waals surface area contributed by atoms with Crippen molar-refractivity contribution in [1.29, 1.82) is 0 Å². The smallest absolute Gasteiger partial charge is 0.143 e. The van der Waals surface area contributed by atoms with E-state index in [4.69, 9.17) is 16.0 Å². The van der Waals surface area contributed by atoms with E-state index in [-0.39, 0.29) is 0 Å². The fourth-order valence-electron chi connectivity index (χ4n) is 4.11. The summed E-state index contributed by atoms with van der Waals surface area (Å²) in [4.78, 5) is 0. The summed E-state index contributed by atoms with van der Waals surface area (Å²) in [5.74, 6) is 0. The number of para-hydroxylation sites is 2. The van der Waals surface area contributed by atoms with Gasteiger partial charge in [-0.1, -0.05) is 54.1 Å². The number of nitrogens with zero attached hydrogens (tertiary/aromatic N) is 1. The number of hydrogen-bond acceptors (Lipinski definition) is 1. The van der Waals surface area contributed by atoms with Crippen molar-refractivity contribution >= 4 is 44.4 Å². The molecule has 6 rings (SSSR count). The lowest BCUT2D eigenvalue weighted by Gasteiger charge is -2.07. The van der Waals surface area contributed by atoms with Crippen LogP contribution in [-0.2, 0) is 0 Å². The predicted octanol–water partition coefficient (Wildman–Crippen LogP) is 7.85. The van der Waals surface area contributed by atoms with Crippen LogP contribution < -0.4 is 0 Å². The minimum atomic E-state index is 0.742. The van der Waals surface area contributed by atoms with Crippen molar-refractivity contribution in [2.45, 2.75) is 0 Å². The Morgan fingerprint density at radius 2 is 1.55 bits per heavy atom. The molecule has 2 heterocycles. The molecule has 6 aromatic rings. The van der Waals surface area contributed by atoms with Crippen LogP contribution in [0.3, 0.4) is 0 Å². The Balaban J connectivity index is 1.53. The van der Waals surface area contributed by atoms with Gasteiger partial charge in [-0.3, -0.25) is 0 Å². The molecule has 0 spiro atoms. The third-order valence-electron chi connectivity index (χ3n) is 5.51. The molecule has 3 heteroatoms. The van der Waals surface area contributed by atoms with Crippen molar-refractivity contribution in [1.82, 2.24) is 4.57 Å². The van der Waals surface area contributed by atoms with E-state index in [2.05, 4.69) is 65.4 Å². The first-order valence-corrected chi connectivity index (χ1v) is 9.93. The first-order valence-electron chi connectivity index (χ1n) is 9.56. The maximum absolute atomic E-state index is 6.22. The zero-order chi connectivity index (χ0) is 19.4. The Labute approximate surface area is 172 Å². The molecule has 0 aliphatic heterocycles. The lowest BCUT2D eigenvalue weighted by molar-refractivity contribution is 0.670. The summed E-state index contributed by atoms with van der Waals surface area (Å²) in [6, 6.07) is 31.1. The van der Waals surface area contributed by atoms with Crippen molar-refractivity contribution in [3.8, 4) is 16.8 Å². The summed E-state index contributed by atoms with van der Waals surface area (Å²) in [7, 11) is 0. The Morgan fingerprint density at radius 3 is 2.45 bits per heavy atom. The predicted molar refractivity (Wildman–Crippen MR) is 121 cm³/mol. The minimum absolute atomic E-state index is 0.742. The third-order valence-corrected chi connectivity index (χ3v) is 5.76. The van der Waals surface area contributed by atoms with Gasteiger partial charge in [0.05, 0.1) is 5.52 Å². The minimum Gasteiger partial charge on any atom is -0.455 e. The number of benzene rings is 4. The molecular formula is C26H16ClNO. The summed E-state index contributed by atoms with van der Waals surface area (Å²) >= 11 is 6.04. The van der Waals surface area contributed by atoms with E-state index in [1.165, 1.54) is 5.39 Å². The molecule has 2 nitrogen and oxygen atoms in total. The van der Waals surface area contributed by atoms with E-state index < -0.39 is 0 Å². The molecule has 0 aliphatic carbocycles. The monoisotopic (exact) mass is 393 g/mol. The van der Waals surface area contributed by atoms with Gasteiger partial charge in [0.15, 0.2) is 0 Å². The van der Waals surface area contributed by atoms with Gasteiger partial charge in [-0.25, -0.2) is 0 Å². The highest BCUT2D eigenvalue weighted by Crippen LogP contribution is 2.36. The van der Waals surface area contributed by atoms with Gasteiger partial charge in [-0.05, 0) is 54.1 Å². The fourth-order valence-corrected chi connectivity index (χ4v) is 4.24. The van der Waals surface area contributed by atoms with Gasteiger partial charge >= 0.3 is 0 Å². The molecule has 0 unspecified atom stereocenters. The third kappa shape index (κ3) is 2.57. The highest BCUT2D eigenvalue weighted by atomic mass is 35.5. The first-order chi connectivity index (χ1) is 14.3. The van der Waals surface area contributed by atoms with E-state index >= 15 is 0 Å². The van der Waals surface area contributed by atoms with Gasteiger partial charge in [-0.15, -0.1) is 0 Å². The van der Waals surface area contributed by atoms with Crippen LogP contribution >= 0.6 is 11.6 Å². The first kappa shape index (κ1) is 16.5. The number of rotatable bonds is 2. The Kier molecular flexibility index (Phi) is 3.56. The number of furan rings is 1. The highest BCUT2D eigenvalue weighted by molar-refractivity contribution is 6.30. The standard InChI is InChI=1S/C26H16ClNO/c27-19-9-11-20(12-10-19)28-15-14-18-16-17(8-13-24(18)28)21-5-3-6-23-22-4-1-2-7-25(22)29-26(21)23/h1-16H. The molecule has 0 radical (unpaired) electrons. The lowest BCUT2D eigenvalue weighted by atomic mass is 10.0. The normalized spacial score (nSPS) is 11.6. The van der Waals surface area contributed by atoms with Gasteiger partial charge in [0.1, 0.15) is 11.2 Å². The Bertz CT molecular complexity index is 1510. The molecule has 0 saturated carbocycles. The zero-order valence-electron chi connectivity index (χ0n) is 15.5. The van der Waals surface area contributed by atoms with E-state index in [9.17, 15) is 0 Å². The van der Waals surface area contributed by atoms with E-state index in [1.54, 1.807) is 0 Å². The quantitative estimate of drug-likeness (QED) is 0.293. The molecule has 0 bridgehead atoms. The second-order valence-corrected chi connectivity index (χ2v) is 7.65. The largest absolute Gasteiger partial charge is 0.455 e. The average molecular weight is 394 g/mol. The lowest BCUT2D eigenvalue weighted by Crippen LogP contribution is -1.91.